The van der Waals surface area contributed by atoms with Gasteiger partial charge in [0.05, 0.1) is 6.10 Å². The molecule has 4 rings (SSSR count). The molecule has 1 saturated carbocycles. The van der Waals surface area contributed by atoms with Gasteiger partial charge in [-0.15, -0.1) is 0 Å². The van der Waals surface area contributed by atoms with Crippen LogP contribution in [0, 0.1) is 5.92 Å². The van der Waals surface area contributed by atoms with Gasteiger partial charge < -0.3 is 14.9 Å². The van der Waals surface area contributed by atoms with Crippen LogP contribution >= 0.6 is 0 Å². The Morgan fingerprint density at radius 3 is 2.43 bits per heavy atom. The lowest BCUT2D eigenvalue weighted by Gasteiger charge is -2.39. The molecule has 0 amide bonds. The van der Waals surface area contributed by atoms with Gasteiger partial charge in [-0.25, -0.2) is 0 Å². The van der Waals surface area contributed by atoms with Gasteiger partial charge in [-0.05, 0) is 42.1 Å². The van der Waals surface area contributed by atoms with Gasteiger partial charge in [0.15, 0.2) is 0 Å². The fourth-order valence-electron chi connectivity index (χ4n) is 5.31. The normalized spacial score (nSPS) is 26.6. The van der Waals surface area contributed by atoms with E-state index in [2.05, 4.69) is 59.3 Å². The molecule has 2 aromatic carbocycles. The maximum absolute atomic E-state index is 11.1. The molecule has 2 fully saturated rings. The Balaban J connectivity index is 1.67. The summed E-state index contributed by atoms with van der Waals surface area (Å²) in [6, 6.07) is 15.6. The maximum atomic E-state index is 11.1. The lowest BCUT2D eigenvalue weighted by atomic mass is 9.75. The number of benzene rings is 2. The van der Waals surface area contributed by atoms with E-state index < -0.39 is 0 Å². The lowest BCUT2D eigenvalue weighted by Crippen LogP contribution is -2.47. The number of piperazine rings is 1. The molecule has 1 heterocycles. The third kappa shape index (κ3) is 4.59. The minimum absolute atomic E-state index is 0.170. The number of hydrogen-bond acceptors (Lipinski definition) is 3. The zero-order valence-electron chi connectivity index (χ0n) is 17.4. The molecule has 3 nitrogen and oxygen atoms in total. The standard InChI is InChI=1S/C25H36N2O/c1-26-15-17-27(18-16-26)19-24(23-12-4-2-3-5-14-25(23)28)22-13-8-10-20-9-6-7-11-21(20)22/h6-11,13,23-25,28H,2-5,12,14-19H2,1H3. The number of hydrogen-bond donors (Lipinski definition) is 1. The summed E-state index contributed by atoms with van der Waals surface area (Å²) in [6.07, 6.45) is 6.98. The molecule has 0 radical (unpaired) electrons. The van der Waals surface area contributed by atoms with Crippen LogP contribution in [-0.2, 0) is 0 Å². The topological polar surface area (TPSA) is 26.7 Å². The molecule has 3 heteroatoms. The van der Waals surface area contributed by atoms with Gasteiger partial charge in [0.1, 0.15) is 0 Å². The van der Waals surface area contributed by atoms with E-state index in [-0.39, 0.29) is 6.10 Å². The van der Waals surface area contributed by atoms with E-state index in [4.69, 9.17) is 0 Å². The molecule has 0 spiro atoms. The lowest BCUT2D eigenvalue weighted by molar-refractivity contribution is 0.0528. The third-order valence-electron chi connectivity index (χ3n) is 7.07. The molecule has 3 unspecified atom stereocenters. The highest BCUT2D eigenvalue weighted by atomic mass is 16.3. The minimum atomic E-state index is -0.170. The largest absolute Gasteiger partial charge is 0.393 e. The number of rotatable bonds is 4. The summed E-state index contributed by atoms with van der Waals surface area (Å²) < 4.78 is 0. The van der Waals surface area contributed by atoms with Crippen molar-refractivity contribution in [1.82, 2.24) is 9.80 Å². The molecular formula is C25H36N2O. The highest BCUT2D eigenvalue weighted by Gasteiger charge is 2.32. The molecule has 1 N–H and O–H groups in total. The summed E-state index contributed by atoms with van der Waals surface area (Å²) in [6.45, 7) is 5.65. The molecule has 152 valence electrons. The van der Waals surface area contributed by atoms with Crippen LogP contribution in [0.2, 0.25) is 0 Å². The van der Waals surface area contributed by atoms with Crippen LogP contribution in [0.25, 0.3) is 10.8 Å². The van der Waals surface area contributed by atoms with Gasteiger partial charge in [-0.1, -0.05) is 68.1 Å². The van der Waals surface area contributed by atoms with Crippen LogP contribution in [0.1, 0.15) is 50.0 Å². The predicted molar refractivity (Wildman–Crippen MR) is 118 cm³/mol. The molecule has 2 aromatic rings. The van der Waals surface area contributed by atoms with Crippen LogP contribution in [0.3, 0.4) is 0 Å². The van der Waals surface area contributed by atoms with Crippen molar-refractivity contribution < 1.29 is 5.11 Å². The van der Waals surface area contributed by atoms with Crippen molar-refractivity contribution in [3.05, 3.63) is 48.0 Å². The minimum Gasteiger partial charge on any atom is -0.393 e. The molecule has 0 aromatic heterocycles. The first-order valence-corrected chi connectivity index (χ1v) is 11.3. The molecule has 1 aliphatic heterocycles. The quantitative estimate of drug-likeness (QED) is 0.846. The van der Waals surface area contributed by atoms with E-state index in [1.54, 1.807) is 0 Å². The summed E-state index contributed by atoms with van der Waals surface area (Å²) >= 11 is 0. The van der Waals surface area contributed by atoms with E-state index in [1.807, 2.05) is 0 Å². The average molecular weight is 381 g/mol. The van der Waals surface area contributed by atoms with Crippen molar-refractivity contribution in [1.29, 1.82) is 0 Å². The van der Waals surface area contributed by atoms with Gasteiger partial charge in [0.25, 0.3) is 0 Å². The maximum Gasteiger partial charge on any atom is 0.0574 e. The number of likely N-dealkylation sites (N-methyl/N-ethyl adjacent to an activating group) is 1. The summed E-state index contributed by atoms with van der Waals surface area (Å²) in [4.78, 5) is 5.06. The van der Waals surface area contributed by atoms with Gasteiger partial charge in [-0.3, -0.25) is 0 Å². The molecule has 1 saturated heterocycles. The zero-order valence-corrected chi connectivity index (χ0v) is 17.4. The van der Waals surface area contributed by atoms with Crippen LogP contribution in [0.15, 0.2) is 42.5 Å². The van der Waals surface area contributed by atoms with Crippen molar-refractivity contribution >= 4 is 10.8 Å². The van der Waals surface area contributed by atoms with Crippen molar-refractivity contribution in [3.8, 4) is 0 Å². The second kappa shape index (κ2) is 9.39. The molecule has 3 atom stereocenters. The first kappa shape index (κ1) is 19.9. The predicted octanol–water partition coefficient (Wildman–Crippen LogP) is 4.50. The molecule has 1 aliphatic carbocycles. The molecular weight excluding hydrogens is 344 g/mol. The Bertz CT molecular complexity index is 748. The first-order valence-electron chi connectivity index (χ1n) is 11.3. The first-order chi connectivity index (χ1) is 13.7. The Labute approximate surface area is 170 Å². The molecule has 0 bridgehead atoms. The number of nitrogens with zero attached hydrogens (tertiary/aromatic N) is 2. The molecule has 28 heavy (non-hydrogen) atoms. The summed E-state index contributed by atoms with van der Waals surface area (Å²) in [5, 5.41) is 13.8. The number of aliphatic hydroxyl groups excluding tert-OH is 1. The van der Waals surface area contributed by atoms with E-state index >= 15 is 0 Å². The highest BCUT2D eigenvalue weighted by Crippen LogP contribution is 2.38. The Hall–Kier alpha value is -1.42. The van der Waals surface area contributed by atoms with E-state index in [0.717, 1.165) is 45.6 Å². The SMILES string of the molecule is CN1CCN(CC(c2cccc3ccccc23)C2CCCCCCC2O)CC1. The van der Waals surface area contributed by atoms with E-state index in [9.17, 15) is 5.11 Å². The van der Waals surface area contributed by atoms with Crippen molar-refractivity contribution in [3.63, 3.8) is 0 Å². The second-order valence-corrected chi connectivity index (χ2v) is 9.00. The average Bonchev–Trinajstić information content (AvgIpc) is 2.71. The van der Waals surface area contributed by atoms with Crippen molar-refractivity contribution in [2.24, 2.45) is 5.92 Å². The van der Waals surface area contributed by atoms with E-state index in [1.165, 1.54) is 42.0 Å². The zero-order chi connectivity index (χ0) is 19.3. The molecule has 2 aliphatic rings. The Morgan fingerprint density at radius 1 is 0.893 bits per heavy atom. The van der Waals surface area contributed by atoms with Crippen LogP contribution < -0.4 is 0 Å². The summed E-state index contributed by atoms with van der Waals surface area (Å²) in [7, 11) is 2.22. The smallest absolute Gasteiger partial charge is 0.0574 e. The Kier molecular flexibility index (Phi) is 6.66. The third-order valence-corrected chi connectivity index (χ3v) is 7.07. The second-order valence-electron chi connectivity index (χ2n) is 9.00. The van der Waals surface area contributed by atoms with Crippen LogP contribution in [-0.4, -0.2) is 60.8 Å². The van der Waals surface area contributed by atoms with E-state index in [0.29, 0.717) is 11.8 Å². The summed E-state index contributed by atoms with van der Waals surface area (Å²) in [5.41, 5.74) is 1.45. The van der Waals surface area contributed by atoms with Crippen LogP contribution in [0.5, 0.6) is 0 Å². The van der Waals surface area contributed by atoms with Crippen molar-refractivity contribution in [2.45, 2.75) is 50.5 Å². The van der Waals surface area contributed by atoms with Gasteiger partial charge in [0.2, 0.25) is 0 Å². The van der Waals surface area contributed by atoms with Crippen molar-refractivity contribution in [2.75, 3.05) is 39.8 Å². The Morgan fingerprint density at radius 2 is 1.61 bits per heavy atom. The number of aliphatic hydroxyl groups is 1. The summed E-state index contributed by atoms with van der Waals surface area (Å²) in [5.74, 6) is 0.772. The monoisotopic (exact) mass is 380 g/mol. The number of fused-ring (bicyclic) bond motifs is 1. The fourth-order valence-corrected chi connectivity index (χ4v) is 5.31. The van der Waals surface area contributed by atoms with Crippen LogP contribution in [0.4, 0.5) is 0 Å². The fraction of sp³-hybridized carbons (Fsp3) is 0.600. The van der Waals surface area contributed by atoms with Gasteiger partial charge >= 0.3 is 0 Å². The highest BCUT2D eigenvalue weighted by molar-refractivity contribution is 5.86. The van der Waals surface area contributed by atoms with Gasteiger partial charge in [-0.2, -0.15) is 0 Å². The van der Waals surface area contributed by atoms with Gasteiger partial charge in [0, 0.05) is 38.6 Å².